The molecule has 13 rings (SSSR count). The van der Waals surface area contributed by atoms with Gasteiger partial charge in [-0.2, -0.15) is 0 Å². The van der Waals surface area contributed by atoms with E-state index in [4.69, 9.17) is 81.3 Å². The van der Waals surface area contributed by atoms with Crippen molar-refractivity contribution in [1.82, 2.24) is 5.32 Å². The van der Waals surface area contributed by atoms with Crippen LogP contribution in [-0.4, -0.2) is 65.9 Å². The maximum atomic E-state index is 13.5. The molecule has 0 saturated carbocycles. The zero-order chi connectivity index (χ0) is 82.1. The molecule has 13 nitrogen and oxygen atoms in total. The lowest BCUT2D eigenvalue weighted by molar-refractivity contribution is -0.119. The predicted octanol–water partition coefficient (Wildman–Crippen LogP) is 20.0. The Bertz CT molecular complexity index is 4690. The van der Waals surface area contributed by atoms with Gasteiger partial charge in [-0.15, -0.1) is 0 Å². The first kappa shape index (κ1) is 89.6. The van der Waals surface area contributed by atoms with E-state index in [0.717, 1.165) is 63.2 Å². The molecule has 13 N–H and O–H groups in total. The standard InChI is InChI=1S/C17H18F2N2O.2C16H18ClNO.C16H17NO.C15H15F2NO.C15H16FNO/c18-14-5-1-3-12(9-14)16(7-8-21-17(22)11-20)13-4-2-6-15(19)10-13;2*1-19-15-7-3-5-13(11-15)16(8-9-18)12-4-2-6-14(17)10-12;17-10-9-14-13-6-2-1-5-12(13)11-18-16-8-4-3-7-15(14)16;16-12-4-1-3-11(9-12)15(7-8-18)19-14-6-2-5-13(17)10-14;16-13-7-4-8-14(11-13)18-15(9-10-17)12-5-2-1-3-6-12/h1-6,9-10,16H,7-8,11,20H2,(H,21,22);2*2-7,10-11,16H,8-9,18H2,1H3;1-8,14H,9-11,17H2;1-6,9-10,15H,7-8,18H2;1-8,11,15H,9-10,17H2/t;2*16-;;2*15-/m.10.10/s1. The van der Waals surface area contributed by atoms with Gasteiger partial charge in [0.2, 0.25) is 5.91 Å². The lowest BCUT2D eigenvalue weighted by Crippen LogP contribution is -2.31. The Hall–Kier alpha value is -10.9. The van der Waals surface area contributed by atoms with Gasteiger partial charge >= 0.3 is 0 Å². The van der Waals surface area contributed by atoms with Crippen molar-refractivity contribution in [2.75, 3.05) is 60.0 Å². The van der Waals surface area contributed by atoms with E-state index in [9.17, 15) is 26.7 Å². The van der Waals surface area contributed by atoms with Crippen molar-refractivity contribution in [3.8, 4) is 28.7 Å². The quantitative estimate of drug-likeness (QED) is 0.0227. The molecular weight excluding hydrogens is 1500 g/mol. The fourth-order valence-electron chi connectivity index (χ4n) is 13.3. The van der Waals surface area contributed by atoms with Gasteiger partial charge < -0.3 is 63.4 Å². The molecule has 602 valence electrons. The third kappa shape index (κ3) is 29.5. The summed E-state index contributed by atoms with van der Waals surface area (Å²) in [6.07, 6.45) is 3.94. The second-order valence-corrected chi connectivity index (χ2v) is 27.7. The Balaban J connectivity index is 0.000000173. The molecule has 5 atom stereocenters. The van der Waals surface area contributed by atoms with E-state index in [1.165, 1.54) is 99.6 Å². The number of para-hydroxylation sites is 1. The van der Waals surface area contributed by atoms with E-state index in [1.54, 1.807) is 74.9 Å². The Morgan fingerprint density at radius 2 is 0.748 bits per heavy atom. The van der Waals surface area contributed by atoms with E-state index < -0.39 is 0 Å². The number of nitrogens with one attached hydrogen (secondary N) is 1. The Morgan fingerprint density at radius 1 is 0.383 bits per heavy atom. The number of rotatable bonds is 28. The van der Waals surface area contributed by atoms with Crippen molar-refractivity contribution in [3.63, 3.8) is 0 Å². The molecule has 0 spiro atoms. The molecule has 1 aliphatic heterocycles. The number of carbonyl (C=O) groups is 1. The Labute approximate surface area is 682 Å². The number of benzene rings is 12. The Kier molecular flexibility index (Phi) is 38.2. The van der Waals surface area contributed by atoms with Crippen LogP contribution in [0.4, 0.5) is 22.0 Å². The minimum absolute atomic E-state index is 0.0788. The van der Waals surface area contributed by atoms with Crippen molar-refractivity contribution in [2.45, 2.75) is 81.0 Å². The minimum atomic E-state index is -0.387. The molecule has 1 aliphatic rings. The second-order valence-electron chi connectivity index (χ2n) is 26.8. The normalized spacial score (nSPS) is 12.7. The molecule has 0 saturated heterocycles. The molecular formula is C95H102Cl2F5N7O6. The minimum Gasteiger partial charge on any atom is -0.497 e. The second kappa shape index (κ2) is 49.0. The van der Waals surface area contributed by atoms with Crippen molar-refractivity contribution in [2.24, 2.45) is 34.4 Å². The van der Waals surface area contributed by atoms with Crippen molar-refractivity contribution < 1.29 is 50.4 Å². The molecule has 0 radical (unpaired) electrons. The molecule has 12 aromatic carbocycles. The van der Waals surface area contributed by atoms with Crippen LogP contribution in [0, 0.1) is 29.1 Å². The molecule has 12 aromatic rings. The highest BCUT2D eigenvalue weighted by molar-refractivity contribution is 6.31. The van der Waals surface area contributed by atoms with Crippen molar-refractivity contribution in [1.29, 1.82) is 0 Å². The summed E-state index contributed by atoms with van der Waals surface area (Å²) in [7, 11) is 3.35. The summed E-state index contributed by atoms with van der Waals surface area (Å²) in [4.78, 5) is 11.2. The highest BCUT2D eigenvalue weighted by atomic mass is 35.5. The van der Waals surface area contributed by atoms with E-state index in [1.807, 2.05) is 103 Å². The molecule has 0 bridgehead atoms. The first-order chi connectivity index (χ1) is 56.0. The van der Waals surface area contributed by atoms with Crippen molar-refractivity contribution >= 4 is 29.1 Å². The van der Waals surface area contributed by atoms with Crippen LogP contribution in [0.25, 0.3) is 0 Å². The number of carbonyl (C=O) groups excluding carboxylic acids is 1. The van der Waals surface area contributed by atoms with Gasteiger partial charge in [0.25, 0.3) is 0 Å². The van der Waals surface area contributed by atoms with Gasteiger partial charge in [-0.05, 0) is 229 Å². The molecule has 1 heterocycles. The number of methoxy groups -OCH3 is 2. The van der Waals surface area contributed by atoms with Gasteiger partial charge in [-0.3, -0.25) is 4.79 Å². The molecule has 0 fully saturated rings. The van der Waals surface area contributed by atoms with Crippen LogP contribution in [-0.2, 0) is 11.4 Å². The van der Waals surface area contributed by atoms with Gasteiger partial charge in [-0.25, -0.2) is 22.0 Å². The van der Waals surface area contributed by atoms with Gasteiger partial charge in [0.1, 0.15) is 76.6 Å². The SMILES string of the molecule is COc1cccc([C@@H](CCN)c2cccc(Cl)c2)c1.COc1cccc([C@H](CCN)c2cccc(Cl)c2)c1.NCC(=O)NCCC(c1cccc(F)c1)c1cccc(F)c1.NCCC1c2ccccc2COc2ccccc21.NCC[C@@H](Oc1cccc(F)c1)c1cccc(F)c1.NCC[C@H](Oc1cccc(F)c1)c1ccccc1. The zero-order valence-electron chi connectivity index (χ0n) is 64.7. The zero-order valence-corrected chi connectivity index (χ0v) is 66.2. The summed E-state index contributed by atoms with van der Waals surface area (Å²) in [6.45, 7) is 3.83. The van der Waals surface area contributed by atoms with E-state index in [0.29, 0.717) is 88.1 Å². The lowest BCUT2D eigenvalue weighted by atomic mass is 9.86. The molecule has 1 unspecified atom stereocenters. The van der Waals surface area contributed by atoms with Crippen LogP contribution in [0.1, 0.15) is 136 Å². The van der Waals surface area contributed by atoms with Gasteiger partial charge in [0.15, 0.2) is 0 Å². The van der Waals surface area contributed by atoms with Crippen molar-refractivity contribution in [3.05, 3.63) is 398 Å². The highest BCUT2D eigenvalue weighted by Gasteiger charge is 2.25. The summed E-state index contributed by atoms with van der Waals surface area (Å²) in [5, 5.41) is 4.18. The number of amides is 1. The number of nitrogens with two attached hydrogens (primary N) is 6. The van der Waals surface area contributed by atoms with Crippen LogP contribution in [0.5, 0.6) is 28.7 Å². The molecule has 20 heteroatoms. The van der Waals surface area contributed by atoms with Gasteiger partial charge in [-0.1, -0.05) is 193 Å². The summed E-state index contributed by atoms with van der Waals surface area (Å²) in [5.74, 6) is 2.35. The van der Waals surface area contributed by atoms with Crippen LogP contribution in [0.15, 0.2) is 297 Å². The number of halogens is 7. The number of hydrogen-bond acceptors (Lipinski definition) is 12. The number of fused-ring (bicyclic) bond motifs is 2. The number of hydrogen-bond donors (Lipinski definition) is 7. The van der Waals surface area contributed by atoms with Crippen LogP contribution >= 0.6 is 23.2 Å². The lowest BCUT2D eigenvalue weighted by Gasteiger charge is -2.19. The average molecular weight is 1600 g/mol. The fourth-order valence-corrected chi connectivity index (χ4v) is 13.7. The maximum absolute atomic E-state index is 13.5. The third-order valence-electron chi connectivity index (χ3n) is 18.8. The maximum Gasteiger partial charge on any atom is 0.233 e. The van der Waals surface area contributed by atoms with Crippen LogP contribution in [0.2, 0.25) is 10.0 Å². The first-order valence-electron chi connectivity index (χ1n) is 38.2. The summed E-state index contributed by atoms with van der Waals surface area (Å²) in [6, 6.07) is 89.3. The topological polar surface area (TPSA) is 231 Å². The average Bonchev–Trinajstić information content (AvgIpc) is 1.57. The highest BCUT2D eigenvalue weighted by Crippen LogP contribution is 2.40. The first-order valence-corrected chi connectivity index (χ1v) is 38.9. The molecule has 0 aliphatic carbocycles. The smallest absolute Gasteiger partial charge is 0.233 e. The van der Waals surface area contributed by atoms with Gasteiger partial charge in [0.05, 0.1) is 20.8 Å². The van der Waals surface area contributed by atoms with E-state index in [2.05, 4.69) is 78.1 Å². The van der Waals surface area contributed by atoms with Crippen LogP contribution in [0.3, 0.4) is 0 Å². The number of ether oxygens (including phenoxy) is 5. The van der Waals surface area contributed by atoms with Crippen LogP contribution < -0.4 is 63.4 Å². The van der Waals surface area contributed by atoms with Gasteiger partial charge in [0, 0.05) is 70.8 Å². The fraction of sp³-hybridized carbons (Fsp3) is 0.232. The summed E-state index contributed by atoms with van der Waals surface area (Å²) < 4.78 is 94.3. The molecule has 0 aromatic heterocycles. The largest absolute Gasteiger partial charge is 0.497 e. The van der Waals surface area contributed by atoms with E-state index >= 15 is 0 Å². The Morgan fingerprint density at radius 3 is 1.19 bits per heavy atom. The predicted molar refractivity (Wildman–Crippen MR) is 454 cm³/mol. The summed E-state index contributed by atoms with van der Waals surface area (Å²) >= 11 is 12.2. The van der Waals surface area contributed by atoms with E-state index in [-0.39, 0.29) is 71.5 Å². The monoisotopic (exact) mass is 1600 g/mol. The summed E-state index contributed by atoms with van der Waals surface area (Å²) in [5.41, 5.74) is 45.5. The molecule has 1 amide bonds. The third-order valence-corrected chi connectivity index (χ3v) is 19.3. The molecule has 115 heavy (non-hydrogen) atoms.